The van der Waals surface area contributed by atoms with Crippen molar-refractivity contribution in [1.29, 1.82) is 0 Å². The standard InChI is InChI=1S/C7H6ClF3N2O2/c1-3-5(8)6(7(9,10)11)12-13(3)2-4(14)15/h2H2,1H3,(H,14,15)/p-1. The van der Waals surface area contributed by atoms with E-state index in [-0.39, 0.29) is 5.69 Å². The van der Waals surface area contributed by atoms with Gasteiger partial charge in [-0.3, -0.25) is 4.68 Å². The summed E-state index contributed by atoms with van der Waals surface area (Å²) in [4.78, 5) is 10.2. The van der Waals surface area contributed by atoms with Gasteiger partial charge in [-0.25, -0.2) is 0 Å². The van der Waals surface area contributed by atoms with Crippen molar-refractivity contribution in [1.82, 2.24) is 9.78 Å². The van der Waals surface area contributed by atoms with E-state index in [2.05, 4.69) is 5.10 Å². The Morgan fingerprint density at radius 3 is 2.47 bits per heavy atom. The molecule has 0 aromatic carbocycles. The number of hydrogen-bond acceptors (Lipinski definition) is 3. The lowest BCUT2D eigenvalue weighted by Gasteiger charge is -2.04. The normalized spacial score (nSPS) is 11.8. The summed E-state index contributed by atoms with van der Waals surface area (Å²) in [6.07, 6.45) is -4.70. The second-order valence-corrected chi connectivity index (χ2v) is 3.15. The van der Waals surface area contributed by atoms with Crippen molar-refractivity contribution in [2.45, 2.75) is 19.6 Å². The van der Waals surface area contributed by atoms with Crippen molar-refractivity contribution >= 4 is 17.6 Å². The molecule has 0 unspecified atom stereocenters. The highest BCUT2D eigenvalue weighted by molar-refractivity contribution is 6.31. The number of rotatable bonds is 2. The first-order chi connectivity index (χ1) is 6.73. The number of carbonyl (C=O) groups excluding carboxylic acids is 1. The minimum atomic E-state index is -4.70. The molecule has 0 aliphatic heterocycles. The topological polar surface area (TPSA) is 58.0 Å². The van der Waals surface area contributed by atoms with Gasteiger partial charge in [0.25, 0.3) is 0 Å². The second kappa shape index (κ2) is 3.73. The zero-order valence-corrected chi connectivity index (χ0v) is 8.19. The van der Waals surface area contributed by atoms with E-state index >= 15 is 0 Å². The first-order valence-electron chi connectivity index (χ1n) is 3.73. The molecule has 0 spiro atoms. The molecule has 0 N–H and O–H groups in total. The van der Waals surface area contributed by atoms with Gasteiger partial charge in [-0.2, -0.15) is 18.3 Å². The van der Waals surface area contributed by atoms with Crippen molar-refractivity contribution in [3.63, 3.8) is 0 Å². The molecule has 0 saturated heterocycles. The van der Waals surface area contributed by atoms with Crippen molar-refractivity contribution in [3.8, 4) is 0 Å². The molecule has 0 fully saturated rings. The smallest absolute Gasteiger partial charge is 0.436 e. The van der Waals surface area contributed by atoms with E-state index in [0.717, 1.165) is 0 Å². The number of hydrogen-bond donors (Lipinski definition) is 0. The molecule has 1 rings (SSSR count). The van der Waals surface area contributed by atoms with Crippen LogP contribution in [0.2, 0.25) is 5.02 Å². The van der Waals surface area contributed by atoms with Crippen LogP contribution < -0.4 is 5.11 Å². The Bertz CT molecular complexity index is 400. The monoisotopic (exact) mass is 241 g/mol. The maximum Gasteiger partial charge on any atom is 0.436 e. The van der Waals surface area contributed by atoms with Crippen molar-refractivity contribution in [2.75, 3.05) is 0 Å². The first-order valence-corrected chi connectivity index (χ1v) is 4.11. The number of aromatic nitrogens is 2. The predicted octanol–water partition coefficient (Wildman–Crippen LogP) is 0.614. The molecule has 1 aromatic rings. The van der Waals surface area contributed by atoms with E-state index in [4.69, 9.17) is 11.6 Å². The predicted molar refractivity (Wildman–Crippen MR) is 42.0 cm³/mol. The van der Waals surface area contributed by atoms with E-state index in [1.807, 2.05) is 0 Å². The van der Waals surface area contributed by atoms with Crippen LogP contribution >= 0.6 is 11.6 Å². The third-order valence-corrected chi connectivity index (χ3v) is 2.13. The molecule has 0 radical (unpaired) electrons. The van der Waals surface area contributed by atoms with E-state index in [1.54, 1.807) is 0 Å². The molecule has 0 amide bonds. The summed E-state index contributed by atoms with van der Waals surface area (Å²) in [7, 11) is 0. The van der Waals surface area contributed by atoms with Gasteiger partial charge in [0.2, 0.25) is 0 Å². The Morgan fingerprint density at radius 2 is 2.13 bits per heavy atom. The SMILES string of the molecule is Cc1c(Cl)c(C(F)(F)F)nn1CC(=O)[O-]. The highest BCUT2D eigenvalue weighted by Gasteiger charge is 2.38. The van der Waals surface area contributed by atoms with Crippen LogP contribution in [0.3, 0.4) is 0 Å². The number of aliphatic carboxylic acids is 1. The summed E-state index contributed by atoms with van der Waals surface area (Å²) in [6.45, 7) is 0.481. The van der Waals surface area contributed by atoms with Crippen LogP contribution in [-0.2, 0) is 17.5 Å². The number of nitrogens with zero attached hydrogens (tertiary/aromatic N) is 2. The number of halogens is 4. The Morgan fingerprint density at radius 1 is 1.60 bits per heavy atom. The van der Waals surface area contributed by atoms with E-state index in [1.165, 1.54) is 6.92 Å². The summed E-state index contributed by atoms with van der Waals surface area (Å²) >= 11 is 5.37. The number of carbonyl (C=O) groups is 1. The number of carboxylic acids is 1. The van der Waals surface area contributed by atoms with Gasteiger partial charge in [0.15, 0.2) is 5.69 Å². The van der Waals surface area contributed by atoms with E-state index in [9.17, 15) is 23.1 Å². The molecule has 1 aromatic heterocycles. The summed E-state index contributed by atoms with van der Waals surface area (Å²) in [5.41, 5.74) is -1.35. The van der Waals surface area contributed by atoms with Gasteiger partial charge in [-0.05, 0) is 6.92 Å². The first kappa shape index (κ1) is 11.8. The van der Waals surface area contributed by atoms with Gasteiger partial charge in [0.1, 0.15) is 0 Å². The average Bonchev–Trinajstić information content (AvgIpc) is 2.30. The third kappa shape index (κ3) is 2.41. The Balaban J connectivity index is 3.18. The number of alkyl halides is 3. The van der Waals surface area contributed by atoms with Crippen LogP contribution in [0.25, 0.3) is 0 Å². The minimum Gasteiger partial charge on any atom is -0.548 e. The lowest BCUT2D eigenvalue weighted by Crippen LogP contribution is -2.28. The summed E-state index contributed by atoms with van der Waals surface area (Å²) < 4.78 is 37.4. The third-order valence-electron chi connectivity index (χ3n) is 1.68. The van der Waals surface area contributed by atoms with Gasteiger partial charge in [0, 0.05) is 0 Å². The zero-order valence-electron chi connectivity index (χ0n) is 7.43. The minimum absolute atomic E-state index is 0.0619. The van der Waals surface area contributed by atoms with Gasteiger partial charge in [-0.1, -0.05) is 11.6 Å². The average molecular weight is 242 g/mol. The molecular formula is C7H5ClF3N2O2-. The Labute approximate surface area is 87.3 Å². The zero-order chi connectivity index (χ0) is 11.8. The highest BCUT2D eigenvalue weighted by atomic mass is 35.5. The molecule has 0 aliphatic carbocycles. The number of carboxylic acid groups (broad SMARTS) is 1. The lowest BCUT2D eigenvalue weighted by atomic mass is 10.3. The van der Waals surface area contributed by atoms with Crippen LogP contribution in [0, 0.1) is 6.92 Å². The summed E-state index contributed by atoms with van der Waals surface area (Å²) in [5, 5.41) is 12.7. The highest BCUT2D eigenvalue weighted by Crippen LogP contribution is 2.35. The Kier molecular flexibility index (Phi) is 2.94. The molecule has 15 heavy (non-hydrogen) atoms. The maximum atomic E-state index is 12.3. The van der Waals surface area contributed by atoms with Crippen LogP contribution in [-0.4, -0.2) is 15.7 Å². The maximum absolute atomic E-state index is 12.3. The molecule has 0 atom stereocenters. The van der Waals surface area contributed by atoms with Crippen LogP contribution in [0.15, 0.2) is 0 Å². The molecule has 0 aliphatic rings. The second-order valence-electron chi connectivity index (χ2n) is 2.78. The fraction of sp³-hybridized carbons (Fsp3) is 0.429. The van der Waals surface area contributed by atoms with Crippen LogP contribution in [0.1, 0.15) is 11.4 Å². The van der Waals surface area contributed by atoms with Gasteiger partial charge in [-0.15, -0.1) is 0 Å². The molecule has 4 nitrogen and oxygen atoms in total. The molecule has 8 heteroatoms. The molecule has 0 saturated carbocycles. The lowest BCUT2D eigenvalue weighted by molar-refractivity contribution is -0.306. The fourth-order valence-electron chi connectivity index (χ4n) is 0.982. The van der Waals surface area contributed by atoms with Crippen molar-refractivity contribution < 1.29 is 23.1 Å². The van der Waals surface area contributed by atoms with E-state index < -0.39 is 29.4 Å². The summed E-state index contributed by atoms with van der Waals surface area (Å²) in [6, 6.07) is 0. The van der Waals surface area contributed by atoms with Gasteiger partial charge >= 0.3 is 6.18 Å². The fourth-order valence-corrected chi connectivity index (χ4v) is 1.22. The molecule has 1 heterocycles. The Hall–Kier alpha value is -1.24. The molecule has 0 bridgehead atoms. The van der Waals surface area contributed by atoms with Crippen LogP contribution in [0.5, 0.6) is 0 Å². The van der Waals surface area contributed by atoms with Crippen molar-refractivity contribution in [2.24, 2.45) is 0 Å². The summed E-state index contributed by atoms with van der Waals surface area (Å²) in [5.74, 6) is -1.54. The van der Waals surface area contributed by atoms with Gasteiger partial charge < -0.3 is 9.90 Å². The van der Waals surface area contributed by atoms with Crippen molar-refractivity contribution in [3.05, 3.63) is 16.4 Å². The van der Waals surface area contributed by atoms with E-state index in [0.29, 0.717) is 4.68 Å². The van der Waals surface area contributed by atoms with Gasteiger partial charge in [0.05, 0.1) is 23.2 Å². The van der Waals surface area contributed by atoms with Crippen LogP contribution in [0.4, 0.5) is 13.2 Å². The quantitative estimate of drug-likeness (QED) is 0.762. The molecule has 84 valence electrons. The molecular weight excluding hydrogens is 237 g/mol. The largest absolute Gasteiger partial charge is 0.548 e.